The lowest BCUT2D eigenvalue weighted by Crippen LogP contribution is -2.40. The van der Waals surface area contributed by atoms with Crippen LogP contribution in [0.1, 0.15) is 48.0 Å². The number of para-hydroxylation sites is 1. The molecule has 1 saturated carbocycles. The van der Waals surface area contributed by atoms with E-state index < -0.39 is 11.5 Å². The monoisotopic (exact) mass is 308 g/mol. The summed E-state index contributed by atoms with van der Waals surface area (Å²) in [5.74, 6) is 5.39. The van der Waals surface area contributed by atoms with Gasteiger partial charge in [-0.25, -0.2) is 4.79 Å². The molecule has 1 aliphatic carbocycles. The molecule has 0 aliphatic heterocycles. The molecule has 0 radical (unpaired) electrons. The van der Waals surface area contributed by atoms with Crippen LogP contribution in [0.3, 0.4) is 0 Å². The molecule has 1 fully saturated rings. The molecule has 4 heteroatoms. The molecule has 3 N–H and O–H groups in total. The predicted molar refractivity (Wildman–Crippen MR) is 89.6 cm³/mol. The Hall–Kier alpha value is -2.51. The van der Waals surface area contributed by atoms with E-state index in [9.17, 15) is 9.90 Å². The lowest BCUT2D eigenvalue weighted by molar-refractivity contribution is 0.0697. The molecular weight excluding hydrogens is 288 g/mol. The van der Waals surface area contributed by atoms with Crippen LogP contribution in [0, 0.1) is 11.8 Å². The molecule has 0 spiro atoms. The van der Waals surface area contributed by atoms with E-state index in [0.717, 1.165) is 25.7 Å². The number of carbonyl (C=O) groups is 1. The maximum atomic E-state index is 11.6. The number of aromatic nitrogens is 1. The minimum atomic E-state index is -0.961. The van der Waals surface area contributed by atoms with Gasteiger partial charge in [0, 0.05) is 18.0 Å². The van der Waals surface area contributed by atoms with Crippen LogP contribution >= 0.6 is 0 Å². The molecule has 0 unspecified atom stereocenters. The Kier molecular flexibility index (Phi) is 4.22. The van der Waals surface area contributed by atoms with Crippen LogP contribution in [0.25, 0.3) is 5.69 Å². The van der Waals surface area contributed by atoms with Crippen molar-refractivity contribution in [2.75, 3.05) is 0 Å². The summed E-state index contributed by atoms with van der Waals surface area (Å²) in [5, 5.41) is 9.47. The van der Waals surface area contributed by atoms with E-state index in [1.807, 2.05) is 30.6 Å². The quantitative estimate of drug-likeness (QED) is 0.837. The molecule has 0 atom stereocenters. The number of rotatable bonds is 2. The van der Waals surface area contributed by atoms with Gasteiger partial charge in [-0.3, -0.25) is 0 Å². The zero-order chi connectivity index (χ0) is 16.3. The average molecular weight is 308 g/mol. The molecular formula is C19H20N2O2. The molecule has 1 aromatic carbocycles. The maximum absolute atomic E-state index is 11.6. The number of hydrogen-bond donors (Lipinski definition) is 2. The summed E-state index contributed by atoms with van der Waals surface area (Å²) in [6, 6.07) is 8.90. The molecule has 1 aliphatic rings. The van der Waals surface area contributed by atoms with Crippen molar-refractivity contribution in [3.8, 4) is 17.5 Å². The highest BCUT2D eigenvalue weighted by Crippen LogP contribution is 2.26. The van der Waals surface area contributed by atoms with Crippen molar-refractivity contribution in [1.29, 1.82) is 0 Å². The lowest BCUT2D eigenvalue weighted by Gasteiger charge is -2.27. The zero-order valence-corrected chi connectivity index (χ0v) is 13.0. The Balaban J connectivity index is 2.06. The largest absolute Gasteiger partial charge is 0.478 e. The summed E-state index contributed by atoms with van der Waals surface area (Å²) < 4.78 is 1.79. The molecule has 4 nitrogen and oxygen atoms in total. The molecule has 2 aromatic rings. The van der Waals surface area contributed by atoms with E-state index in [2.05, 4.69) is 11.8 Å². The normalized spacial score (nSPS) is 16.4. The number of aromatic carboxylic acids is 1. The molecule has 118 valence electrons. The molecule has 3 rings (SSSR count). The second-order valence-electron chi connectivity index (χ2n) is 6.06. The van der Waals surface area contributed by atoms with Crippen molar-refractivity contribution < 1.29 is 9.90 Å². The third-order valence-electron chi connectivity index (χ3n) is 4.32. The maximum Gasteiger partial charge on any atom is 0.337 e. The first-order valence-electron chi connectivity index (χ1n) is 7.91. The fourth-order valence-corrected chi connectivity index (χ4v) is 3.08. The Morgan fingerprint density at radius 1 is 1.13 bits per heavy atom. The highest BCUT2D eigenvalue weighted by Gasteiger charge is 2.25. The van der Waals surface area contributed by atoms with E-state index in [-0.39, 0.29) is 5.56 Å². The number of carboxylic acids is 1. The van der Waals surface area contributed by atoms with Crippen molar-refractivity contribution in [3.63, 3.8) is 0 Å². The number of nitrogens with two attached hydrogens (primary N) is 1. The smallest absolute Gasteiger partial charge is 0.337 e. The van der Waals surface area contributed by atoms with Crippen LogP contribution < -0.4 is 5.73 Å². The Morgan fingerprint density at radius 2 is 1.83 bits per heavy atom. The Bertz CT molecular complexity index is 760. The van der Waals surface area contributed by atoms with E-state index >= 15 is 0 Å². The molecule has 23 heavy (non-hydrogen) atoms. The van der Waals surface area contributed by atoms with Gasteiger partial charge in [0.2, 0.25) is 0 Å². The highest BCUT2D eigenvalue weighted by molar-refractivity contribution is 5.93. The number of carboxylic acid groups (broad SMARTS) is 1. The summed E-state index contributed by atoms with van der Waals surface area (Å²) in [7, 11) is 0. The number of benzene rings is 1. The van der Waals surface area contributed by atoms with Gasteiger partial charge in [-0.05, 0) is 37.1 Å². The second kappa shape index (κ2) is 6.31. The minimum absolute atomic E-state index is 0.239. The highest BCUT2D eigenvalue weighted by atomic mass is 16.4. The van der Waals surface area contributed by atoms with Crippen LogP contribution in [0.5, 0.6) is 0 Å². The van der Waals surface area contributed by atoms with Crippen LogP contribution in [0.4, 0.5) is 0 Å². The van der Waals surface area contributed by atoms with Crippen molar-refractivity contribution >= 4 is 5.97 Å². The van der Waals surface area contributed by atoms with Gasteiger partial charge in [0.05, 0.1) is 16.8 Å². The standard InChI is InChI=1S/C19H20N2O2/c20-19(10-2-1-3-11-19)12-9-15-7-6-8-16(18(22)23)17(15)21-13-4-5-14-21/h4-8,13-14H,1-3,10-11,20H2,(H,22,23). The first kappa shape index (κ1) is 15.4. The molecule has 1 heterocycles. The minimum Gasteiger partial charge on any atom is -0.478 e. The molecule has 0 amide bonds. The fourth-order valence-electron chi connectivity index (χ4n) is 3.08. The zero-order valence-electron chi connectivity index (χ0n) is 13.0. The van der Waals surface area contributed by atoms with Gasteiger partial charge in [0.15, 0.2) is 0 Å². The van der Waals surface area contributed by atoms with Crippen molar-refractivity contribution in [3.05, 3.63) is 53.9 Å². The summed E-state index contributed by atoms with van der Waals surface area (Å²) in [4.78, 5) is 11.6. The van der Waals surface area contributed by atoms with Gasteiger partial charge in [0.1, 0.15) is 0 Å². The van der Waals surface area contributed by atoms with E-state index in [1.165, 1.54) is 6.42 Å². The van der Waals surface area contributed by atoms with Gasteiger partial charge in [-0.1, -0.05) is 37.2 Å². The summed E-state index contributed by atoms with van der Waals surface area (Å²) in [5.41, 5.74) is 7.45. The number of nitrogens with zero attached hydrogens (tertiary/aromatic N) is 1. The first-order chi connectivity index (χ1) is 11.1. The summed E-state index contributed by atoms with van der Waals surface area (Å²) in [6.45, 7) is 0. The summed E-state index contributed by atoms with van der Waals surface area (Å²) in [6.07, 6.45) is 8.87. The molecule has 0 bridgehead atoms. The van der Waals surface area contributed by atoms with Gasteiger partial charge in [0.25, 0.3) is 0 Å². The van der Waals surface area contributed by atoms with Crippen LogP contribution in [-0.2, 0) is 0 Å². The van der Waals surface area contributed by atoms with Gasteiger partial charge < -0.3 is 15.4 Å². The molecule has 0 saturated heterocycles. The van der Waals surface area contributed by atoms with Crippen LogP contribution in [0.2, 0.25) is 0 Å². The van der Waals surface area contributed by atoms with Crippen molar-refractivity contribution in [2.24, 2.45) is 5.73 Å². The third-order valence-corrected chi connectivity index (χ3v) is 4.32. The van der Waals surface area contributed by atoms with Crippen LogP contribution in [0.15, 0.2) is 42.7 Å². The van der Waals surface area contributed by atoms with Gasteiger partial charge in [-0.15, -0.1) is 0 Å². The fraction of sp³-hybridized carbons (Fsp3) is 0.316. The lowest BCUT2D eigenvalue weighted by atomic mass is 9.83. The topological polar surface area (TPSA) is 68.2 Å². The second-order valence-corrected chi connectivity index (χ2v) is 6.06. The molecule has 1 aromatic heterocycles. The predicted octanol–water partition coefficient (Wildman–Crippen LogP) is 3.19. The Labute approximate surface area is 135 Å². The van der Waals surface area contributed by atoms with Gasteiger partial charge in [-0.2, -0.15) is 0 Å². The van der Waals surface area contributed by atoms with Crippen molar-refractivity contribution in [2.45, 2.75) is 37.6 Å². The number of hydrogen-bond acceptors (Lipinski definition) is 2. The summed E-state index contributed by atoms with van der Waals surface area (Å²) >= 11 is 0. The van der Waals surface area contributed by atoms with E-state index in [0.29, 0.717) is 11.3 Å². The van der Waals surface area contributed by atoms with Crippen molar-refractivity contribution in [1.82, 2.24) is 4.57 Å². The van der Waals surface area contributed by atoms with Crippen LogP contribution in [-0.4, -0.2) is 21.2 Å². The average Bonchev–Trinajstić information content (AvgIpc) is 3.07. The third kappa shape index (κ3) is 3.30. The SMILES string of the molecule is NC1(C#Cc2cccc(C(=O)O)c2-n2cccc2)CCCCC1. The first-order valence-corrected chi connectivity index (χ1v) is 7.91. The van der Waals surface area contributed by atoms with Gasteiger partial charge >= 0.3 is 5.97 Å². The van der Waals surface area contributed by atoms with E-state index in [4.69, 9.17) is 5.73 Å². The Morgan fingerprint density at radius 3 is 2.48 bits per heavy atom. The van der Waals surface area contributed by atoms with E-state index in [1.54, 1.807) is 16.7 Å².